The number of hydrogen-bond donors (Lipinski definition) is 2. The van der Waals surface area contributed by atoms with Gasteiger partial charge in [0.05, 0.1) is 11.4 Å². The molecule has 2 amide bonds. The van der Waals surface area contributed by atoms with Gasteiger partial charge in [0, 0.05) is 28.6 Å². The lowest BCUT2D eigenvalue weighted by atomic mass is 10.1. The smallest absolute Gasteiger partial charge is 0.273 e. The molecule has 0 bridgehead atoms. The Kier molecular flexibility index (Phi) is 6.93. The molecule has 34 heavy (non-hydrogen) atoms. The van der Waals surface area contributed by atoms with Crippen molar-refractivity contribution in [3.05, 3.63) is 75.1 Å². The van der Waals surface area contributed by atoms with Crippen LogP contribution in [0.2, 0.25) is 0 Å². The maximum atomic E-state index is 12.5. The number of benzene rings is 1. The minimum absolute atomic E-state index is 0.161. The number of nitrogens with one attached hydrogen (secondary N) is 2. The number of anilines is 1. The van der Waals surface area contributed by atoms with Crippen molar-refractivity contribution in [1.82, 2.24) is 15.5 Å². The summed E-state index contributed by atoms with van der Waals surface area (Å²) < 4.78 is 11.1. The molecule has 0 aliphatic carbocycles. The molecule has 0 fully saturated rings. The number of oxazole rings is 1. The van der Waals surface area contributed by atoms with E-state index >= 15 is 0 Å². The molecule has 0 aliphatic rings. The van der Waals surface area contributed by atoms with Crippen molar-refractivity contribution in [2.24, 2.45) is 5.92 Å². The van der Waals surface area contributed by atoms with E-state index in [-0.39, 0.29) is 24.1 Å². The molecular formula is C25H26N4O4S. The van der Waals surface area contributed by atoms with Gasteiger partial charge in [0.25, 0.3) is 11.8 Å². The summed E-state index contributed by atoms with van der Waals surface area (Å²) in [5.74, 6) is 1.60. The van der Waals surface area contributed by atoms with Crippen LogP contribution in [0.15, 0.2) is 51.4 Å². The highest BCUT2D eigenvalue weighted by Crippen LogP contribution is 2.25. The normalized spacial score (nSPS) is 11.1. The zero-order valence-electron chi connectivity index (χ0n) is 19.5. The Morgan fingerprint density at radius 1 is 1.09 bits per heavy atom. The Morgan fingerprint density at radius 2 is 1.91 bits per heavy atom. The van der Waals surface area contributed by atoms with Gasteiger partial charge in [-0.15, -0.1) is 11.3 Å². The van der Waals surface area contributed by atoms with Gasteiger partial charge in [-0.1, -0.05) is 25.1 Å². The van der Waals surface area contributed by atoms with Gasteiger partial charge in [-0.3, -0.25) is 9.59 Å². The van der Waals surface area contributed by atoms with Gasteiger partial charge in [-0.25, -0.2) is 4.98 Å². The van der Waals surface area contributed by atoms with Gasteiger partial charge in [-0.2, -0.15) is 0 Å². The summed E-state index contributed by atoms with van der Waals surface area (Å²) in [5.41, 5.74) is 2.21. The van der Waals surface area contributed by atoms with E-state index < -0.39 is 0 Å². The number of rotatable bonds is 8. The highest BCUT2D eigenvalue weighted by molar-refractivity contribution is 7.14. The van der Waals surface area contributed by atoms with Crippen LogP contribution in [0, 0.1) is 19.8 Å². The summed E-state index contributed by atoms with van der Waals surface area (Å²) in [6.45, 7) is 8.08. The van der Waals surface area contributed by atoms with Crippen molar-refractivity contribution in [3.63, 3.8) is 0 Å². The topological polar surface area (TPSA) is 110 Å². The molecule has 0 unspecified atom stereocenters. The Hall–Kier alpha value is -3.72. The fourth-order valence-electron chi connectivity index (χ4n) is 3.37. The monoisotopic (exact) mass is 478 g/mol. The van der Waals surface area contributed by atoms with Gasteiger partial charge in [-0.05, 0) is 50.1 Å². The third kappa shape index (κ3) is 5.60. The zero-order chi connectivity index (χ0) is 24.2. The van der Waals surface area contributed by atoms with Crippen LogP contribution in [0.4, 0.5) is 5.69 Å². The predicted molar refractivity (Wildman–Crippen MR) is 130 cm³/mol. The van der Waals surface area contributed by atoms with E-state index in [0.29, 0.717) is 39.6 Å². The standard InChI is InChI=1S/C25H26N4O4S/c1-14(2)10-19-12-20(29-33-19)23(30)26-13-21-16(4)32-25(28-21)17-6-5-7-18(11-17)27-24(31)22-9-8-15(3)34-22/h5-9,11-12,14H,10,13H2,1-4H3,(H,26,30)(H,27,31). The van der Waals surface area contributed by atoms with Crippen LogP contribution >= 0.6 is 11.3 Å². The van der Waals surface area contributed by atoms with Gasteiger partial charge in [0.15, 0.2) is 5.69 Å². The summed E-state index contributed by atoms with van der Waals surface area (Å²) in [5, 5.41) is 9.56. The number of thiophene rings is 1. The lowest BCUT2D eigenvalue weighted by Crippen LogP contribution is -2.23. The molecule has 0 atom stereocenters. The molecule has 8 nitrogen and oxygen atoms in total. The second-order valence-corrected chi connectivity index (χ2v) is 9.71. The summed E-state index contributed by atoms with van der Waals surface area (Å²) in [6, 6.07) is 12.7. The highest BCUT2D eigenvalue weighted by atomic mass is 32.1. The third-order valence-electron chi connectivity index (χ3n) is 5.04. The summed E-state index contributed by atoms with van der Waals surface area (Å²) in [4.78, 5) is 31.2. The molecule has 3 heterocycles. The van der Waals surface area contributed by atoms with Crippen molar-refractivity contribution < 1.29 is 18.5 Å². The number of aromatic nitrogens is 2. The van der Waals surface area contributed by atoms with E-state index in [2.05, 4.69) is 34.6 Å². The quantitative estimate of drug-likeness (QED) is 0.351. The maximum absolute atomic E-state index is 12.5. The Balaban J connectivity index is 1.41. The van der Waals surface area contributed by atoms with Crippen LogP contribution in [0.5, 0.6) is 0 Å². The van der Waals surface area contributed by atoms with Crippen LogP contribution in [0.1, 0.15) is 56.1 Å². The molecule has 0 spiro atoms. The van der Waals surface area contributed by atoms with Gasteiger partial charge in [0.1, 0.15) is 17.2 Å². The van der Waals surface area contributed by atoms with Gasteiger partial charge >= 0.3 is 0 Å². The van der Waals surface area contributed by atoms with Crippen LogP contribution in [-0.4, -0.2) is 22.0 Å². The first-order chi connectivity index (χ1) is 16.3. The number of hydrogen-bond acceptors (Lipinski definition) is 7. The van der Waals surface area contributed by atoms with Crippen LogP contribution in [0.3, 0.4) is 0 Å². The Morgan fingerprint density at radius 3 is 2.65 bits per heavy atom. The largest absolute Gasteiger partial charge is 0.441 e. The van der Waals surface area contributed by atoms with Crippen molar-refractivity contribution in [2.45, 2.75) is 40.7 Å². The molecule has 3 aromatic heterocycles. The van der Waals surface area contributed by atoms with Crippen molar-refractivity contribution in [3.8, 4) is 11.5 Å². The molecule has 4 aromatic rings. The number of nitrogens with zero attached hydrogens (tertiary/aromatic N) is 2. The Labute approximate surface area is 201 Å². The predicted octanol–water partition coefficient (Wildman–Crippen LogP) is 5.39. The van der Waals surface area contributed by atoms with Crippen LogP contribution in [-0.2, 0) is 13.0 Å². The fraction of sp³-hybridized carbons (Fsp3) is 0.280. The first-order valence-corrected chi connectivity index (χ1v) is 11.8. The molecule has 0 aliphatic heterocycles. The molecule has 0 saturated heterocycles. The summed E-state index contributed by atoms with van der Waals surface area (Å²) in [7, 11) is 0. The van der Waals surface area contributed by atoms with E-state index in [9.17, 15) is 9.59 Å². The van der Waals surface area contributed by atoms with Gasteiger partial charge < -0.3 is 19.6 Å². The molecule has 0 radical (unpaired) electrons. The lowest BCUT2D eigenvalue weighted by Gasteiger charge is -2.05. The number of carbonyl (C=O) groups is 2. The number of amides is 2. The van der Waals surface area contributed by atoms with Gasteiger partial charge in [0.2, 0.25) is 5.89 Å². The second-order valence-electron chi connectivity index (χ2n) is 8.43. The lowest BCUT2D eigenvalue weighted by molar-refractivity contribution is 0.0940. The summed E-state index contributed by atoms with van der Waals surface area (Å²) >= 11 is 1.44. The van der Waals surface area contributed by atoms with E-state index in [4.69, 9.17) is 8.94 Å². The van der Waals surface area contributed by atoms with E-state index in [1.165, 1.54) is 11.3 Å². The minimum atomic E-state index is -0.337. The van der Waals surface area contributed by atoms with E-state index in [0.717, 1.165) is 16.9 Å². The molecule has 0 saturated carbocycles. The SMILES string of the molecule is Cc1ccc(C(=O)Nc2cccc(-c3nc(CNC(=O)c4cc(CC(C)C)on4)c(C)o3)c2)s1. The number of aryl methyl sites for hydroxylation is 2. The highest BCUT2D eigenvalue weighted by Gasteiger charge is 2.17. The average Bonchev–Trinajstić information content (AvgIpc) is 3.52. The minimum Gasteiger partial charge on any atom is -0.441 e. The van der Waals surface area contributed by atoms with Crippen molar-refractivity contribution in [2.75, 3.05) is 5.32 Å². The molecular weight excluding hydrogens is 452 g/mol. The number of carbonyl (C=O) groups excluding carboxylic acids is 2. The average molecular weight is 479 g/mol. The van der Waals surface area contributed by atoms with Crippen LogP contribution in [0.25, 0.3) is 11.5 Å². The zero-order valence-corrected chi connectivity index (χ0v) is 20.3. The van der Waals surface area contributed by atoms with Crippen molar-refractivity contribution in [1.29, 1.82) is 0 Å². The molecule has 9 heteroatoms. The summed E-state index contributed by atoms with van der Waals surface area (Å²) in [6.07, 6.45) is 0.721. The molecule has 4 rings (SSSR count). The second kappa shape index (κ2) is 10.0. The van der Waals surface area contributed by atoms with Crippen LogP contribution < -0.4 is 10.6 Å². The van der Waals surface area contributed by atoms with Crippen molar-refractivity contribution >= 4 is 28.8 Å². The maximum Gasteiger partial charge on any atom is 0.273 e. The van der Waals surface area contributed by atoms with E-state index in [1.807, 2.05) is 31.2 Å². The molecule has 1 aromatic carbocycles. The fourth-order valence-corrected chi connectivity index (χ4v) is 4.13. The van der Waals surface area contributed by atoms with E-state index in [1.54, 1.807) is 25.1 Å². The first kappa shape index (κ1) is 23.4. The third-order valence-corrected chi connectivity index (χ3v) is 6.04. The molecule has 2 N–H and O–H groups in total. The molecule has 176 valence electrons. The Bertz CT molecular complexity index is 1320. The first-order valence-electron chi connectivity index (χ1n) is 11.0.